The van der Waals surface area contributed by atoms with Crippen molar-refractivity contribution in [3.63, 3.8) is 0 Å². The zero-order valence-electron chi connectivity index (χ0n) is 7.21. The maximum atomic E-state index is 5.00. The molecule has 1 fully saturated rings. The second-order valence-corrected chi connectivity index (χ2v) is 3.18. The summed E-state index contributed by atoms with van der Waals surface area (Å²) in [6, 6.07) is 1.17. The summed E-state index contributed by atoms with van der Waals surface area (Å²) in [5.74, 6) is 0.806. The first-order chi connectivity index (χ1) is 5.88. The second-order valence-electron chi connectivity index (χ2n) is 3.18. The molecule has 1 aromatic heterocycles. The second kappa shape index (κ2) is 3.13. The molecule has 1 aliphatic rings. The van der Waals surface area contributed by atoms with Gasteiger partial charge in [0, 0.05) is 12.5 Å². The lowest BCUT2D eigenvalue weighted by Gasteiger charge is -1.92. The molecular formula is C8H13N3O. The lowest BCUT2D eigenvalue weighted by Crippen LogP contribution is -2.00. The van der Waals surface area contributed by atoms with Crippen LogP contribution in [0.25, 0.3) is 0 Å². The van der Waals surface area contributed by atoms with Crippen LogP contribution in [0.3, 0.4) is 0 Å². The van der Waals surface area contributed by atoms with Crippen molar-refractivity contribution in [2.75, 3.05) is 5.32 Å². The van der Waals surface area contributed by atoms with Crippen molar-refractivity contribution in [2.24, 2.45) is 0 Å². The summed E-state index contributed by atoms with van der Waals surface area (Å²) >= 11 is 0. The number of nitrogens with one attached hydrogen (secondary N) is 1. The summed E-state index contributed by atoms with van der Waals surface area (Å²) in [6.45, 7) is 2.10. The van der Waals surface area contributed by atoms with Gasteiger partial charge < -0.3 is 9.84 Å². The quantitative estimate of drug-likeness (QED) is 0.740. The van der Waals surface area contributed by atoms with Gasteiger partial charge in [-0.25, -0.2) is 0 Å². The summed E-state index contributed by atoms with van der Waals surface area (Å²) in [5, 5.41) is 6.99. The normalized spacial score (nSPS) is 16.4. The van der Waals surface area contributed by atoms with E-state index in [1.54, 1.807) is 0 Å². The van der Waals surface area contributed by atoms with Crippen LogP contribution in [0.2, 0.25) is 0 Å². The van der Waals surface area contributed by atoms with Gasteiger partial charge >= 0.3 is 6.01 Å². The number of hydrogen-bond donors (Lipinski definition) is 1. The zero-order chi connectivity index (χ0) is 8.39. The van der Waals surface area contributed by atoms with Crippen molar-refractivity contribution in [3.05, 3.63) is 5.82 Å². The first-order valence-electron chi connectivity index (χ1n) is 4.47. The van der Waals surface area contributed by atoms with Crippen LogP contribution in [0.4, 0.5) is 6.01 Å². The van der Waals surface area contributed by atoms with Crippen LogP contribution >= 0.6 is 0 Å². The highest BCUT2D eigenvalue weighted by atomic mass is 16.5. The molecule has 4 nitrogen and oxygen atoms in total. The van der Waals surface area contributed by atoms with E-state index in [9.17, 15) is 0 Å². The molecular weight excluding hydrogens is 154 g/mol. The minimum absolute atomic E-state index is 0.583. The van der Waals surface area contributed by atoms with Gasteiger partial charge in [-0.15, -0.1) is 0 Å². The van der Waals surface area contributed by atoms with Crippen LogP contribution in [-0.4, -0.2) is 16.2 Å². The van der Waals surface area contributed by atoms with E-state index in [-0.39, 0.29) is 0 Å². The van der Waals surface area contributed by atoms with Gasteiger partial charge in [0.05, 0.1) is 0 Å². The van der Waals surface area contributed by atoms with E-state index in [1.807, 2.05) is 0 Å². The number of hydrogen-bond acceptors (Lipinski definition) is 4. The van der Waals surface area contributed by atoms with E-state index in [1.165, 1.54) is 12.8 Å². The van der Waals surface area contributed by atoms with Crippen LogP contribution < -0.4 is 5.32 Å². The molecule has 12 heavy (non-hydrogen) atoms. The molecule has 1 N–H and O–H groups in total. The van der Waals surface area contributed by atoms with Crippen molar-refractivity contribution in [1.82, 2.24) is 10.1 Å². The van der Waals surface area contributed by atoms with E-state index in [4.69, 9.17) is 4.52 Å². The molecule has 0 unspecified atom stereocenters. The Labute approximate surface area is 71.4 Å². The molecule has 0 radical (unpaired) electrons. The molecule has 0 atom stereocenters. The predicted molar refractivity (Wildman–Crippen MR) is 44.9 cm³/mol. The fourth-order valence-corrected chi connectivity index (χ4v) is 1.04. The Morgan fingerprint density at radius 1 is 1.58 bits per heavy atom. The summed E-state index contributed by atoms with van der Waals surface area (Å²) in [6.07, 6.45) is 4.41. The van der Waals surface area contributed by atoms with E-state index < -0.39 is 0 Å². The van der Waals surface area contributed by atoms with Crippen LogP contribution in [0, 0.1) is 0 Å². The number of aromatic nitrogens is 2. The van der Waals surface area contributed by atoms with Gasteiger partial charge in [-0.2, -0.15) is 4.98 Å². The third kappa shape index (κ3) is 1.75. The zero-order valence-corrected chi connectivity index (χ0v) is 7.21. The van der Waals surface area contributed by atoms with Gasteiger partial charge in [0.15, 0.2) is 5.82 Å². The maximum Gasteiger partial charge on any atom is 0.321 e. The fourth-order valence-electron chi connectivity index (χ4n) is 1.04. The van der Waals surface area contributed by atoms with Crippen molar-refractivity contribution >= 4 is 6.01 Å². The third-order valence-electron chi connectivity index (χ3n) is 1.85. The smallest absolute Gasteiger partial charge is 0.321 e. The average Bonchev–Trinajstić information content (AvgIpc) is 2.74. The Bertz CT molecular complexity index is 255. The Balaban J connectivity index is 1.92. The molecule has 1 aromatic rings. The lowest BCUT2D eigenvalue weighted by atomic mass is 10.3. The highest BCUT2D eigenvalue weighted by Crippen LogP contribution is 2.23. The summed E-state index contributed by atoms with van der Waals surface area (Å²) in [5.41, 5.74) is 0. The molecule has 0 spiro atoms. The SMILES string of the molecule is CCCc1noc(NC2CC2)n1. The Morgan fingerprint density at radius 2 is 2.42 bits per heavy atom. The minimum Gasteiger partial charge on any atom is -0.335 e. The highest BCUT2D eigenvalue weighted by molar-refractivity contribution is 5.23. The van der Waals surface area contributed by atoms with Gasteiger partial charge in [0.25, 0.3) is 0 Å². The van der Waals surface area contributed by atoms with E-state index in [2.05, 4.69) is 22.4 Å². The van der Waals surface area contributed by atoms with Crippen molar-refractivity contribution < 1.29 is 4.52 Å². The lowest BCUT2D eigenvalue weighted by molar-refractivity contribution is 0.422. The molecule has 1 heterocycles. The Morgan fingerprint density at radius 3 is 3.08 bits per heavy atom. The van der Waals surface area contributed by atoms with Gasteiger partial charge in [-0.3, -0.25) is 0 Å². The molecule has 0 aromatic carbocycles. The fraction of sp³-hybridized carbons (Fsp3) is 0.750. The van der Waals surface area contributed by atoms with Crippen LogP contribution in [0.15, 0.2) is 4.52 Å². The molecule has 0 bridgehead atoms. The molecule has 2 rings (SSSR count). The van der Waals surface area contributed by atoms with E-state index in [0.717, 1.165) is 18.7 Å². The summed E-state index contributed by atoms with van der Waals surface area (Å²) in [7, 11) is 0. The third-order valence-corrected chi connectivity index (χ3v) is 1.85. The maximum absolute atomic E-state index is 5.00. The van der Waals surface area contributed by atoms with Crippen LogP contribution in [-0.2, 0) is 6.42 Å². The van der Waals surface area contributed by atoms with E-state index >= 15 is 0 Å². The molecule has 1 saturated carbocycles. The summed E-state index contributed by atoms with van der Waals surface area (Å²) in [4.78, 5) is 4.19. The Kier molecular flexibility index (Phi) is 1.98. The van der Waals surface area contributed by atoms with Gasteiger partial charge in [-0.1, -0.05) is 12.1 Å². The van der Waals surface area contributed by atoms with Crippen molar-refractivity contribution in [2.45, 2.75) is 38.6 Å². The van der Waals surface area contributed by atoms with Gasteiger partial charge in [-0.05, 0) is 19.3 Å². The number of rotatable bonds is 4. The number of anilines is 1. The molecule has 66 valence electrons. The largest absolute Gasteiger partial charge is 0.335 e. The Hall–Kier alpha value is -1.06. The molecule has 4 heteroatoms. The summed E-state index contributed by atoms with van der Waals surface area (Å²) < 4.78 is 5.00. The monoisotopic (exact) mass is 167 g/mol. The van der Waals surface area contributed by atoms with Crippen molar-refractivity contribution in [1.29, 1.82) is 0 Å². The standard InChI is InChI=1S/C8H13N3O/c1-2-3-7-10-8(12-11-7)9-6-4-5-6/h6H,2-5H2,1H3,(H,9,10,11). The highest BCUT2D eigenvalue weighted by Gasteiger charge is 2.23. The molecule has 1 aliphatic carbocycles. The van der Waals surface area contributed by atoms with Crippen LogP contribution in [0.5, 0.6) is 0 Å². The average molecular weight is 167 g/mol. The topological polar surface area (TPSA) is 51.0 Å². The first kappa shape index (κ1) is 7.58. The number of aryl methyl sites for hydroxylation is 1. The van der Waals surface area contributed by atoms with Crippen LogP contribution in [0.1, 0.15) is 32.0 Å². The van der Waals surface area contributed by atoms with Crippen molar-refractivity contribution in [3.8, 4) is 0 Å². The van der Waals surface area contributed by atoms with Gasteiger partial charge in [0.2, 0.25) is 0 Å². The van der Waals surface area contributed by atoms with E-state index in [0.29, 0.717) is 12.1 Å². The predicted octanol–water partition coefficient (Wildman–Crippen LogP) is 1.60. The molecule has 0 aliphatic heterocycles. The first-order valence-corrected chi connectivity index (χ1v) is 4.47. The molecule has 0 saturated heterocycles. The molecule has 0 amide bonds. The minimum atomic E-state index is 0.583. The number of nitrogens with zero attached hydrogens (tertiary/aromatic N) is 2. The van der Waals surface area contributed by atoms with Gasteiger partial charge in [0.1, 0.15) is 0 Å².